The molecule has 2 aromatic heterocycles. The zero-order chi connectivity index (χ0) is 23.5. The number of aromatic nitrogens is 1. The van der Waals surface area contributed by atoms with E-state index in [1.807, 2.05) is 42.5 Å². The molecule has 34 heavy (non-hydrogen) atoms. The summed E-state index contributed by atoms with van der Waals surface area (Å²) in [6, 6.07) is 29.8. The molecule has 0 unspecified atom stereocenters. The Kier molecular flexibility index (Phi) is 5.69. The molecular formula is C27H20N2O4S. The highest BCUT2D eigenvalue weighted by molar-refractivity contribution is 7.91. The van der Waals surface area contributed by atoms with Crippen LogP contribution in [0.1, 0.15) is 16.1 Å². The highest BCUT2D eigenvalue weighted by atomic mass is 32.2. The van der Waals surface area contributed by atoms with E-state index in [1.54, 1.807) is 42.6 Å². The van der Waals surface area contributed by atoms with Crippen molar-refractivity contribution in [2.75, 3.05) is 4.90 Å². The lowest BCUT2D eigenvalue weighted by Crippen LogP contribution is -2.31. The molecule has 0 fully saturated rings. The van der Waals surface area contributed by atoms with Crippen molar-refractivity contribution in [3.05, 3.63) is 121 Å². The lowest BCUT2D eigenvalue weighted by molar-refractivity contribution is 0.0952. The molecule has 0 aliphatic heterocycles. The first kappa shape index (κ1) is 21.6. The van der Waals surface area contributed by atoms with Crippen LogP contribution in [0.15, 0.2) is 124 Å². The number of amides is 1. The number of carbonyl (C=O) groups excluding carboxylic acids is 1. The summed E-state index contributed by atoms with van der Waals surface area (Å²) in [6.45, 7) is 0.235. The molecule has 168 valence electrons. The van der Waals surface area contributed by atoms with Gasteiger partial charge in [0.05, 0.1) is 11.4 Å². The van der Waals surface area contributed by atoms with Gasteiger partial charge in [0, 0.05) is 6.20 Å². The second-order valence-electron chi connectivity index (χ2n) is 7.65. The Bertz CT molecular complexity index is 1560. The van der Waals surface area contributed by atoms with E-state index in [-0.39, 0.29) is 22.3 Å². The third kappa shape index (κ3) is 4.09. The molecule has 0 aliphatic carbocycles. The van der Waals surface area contributed by atoms with Crippen LogP contribution in [0.2, 0.25) is 0 Å². The quantitative estimate of drug-likeness (QED) is 0.328. The van der Waals surface area contributed by atoms with Crippen LogP contribution in [0.3, 0.4) is 0 Å². The van der Waals surface area contributed by atoms with Gasteiger partial charge in [0.15, 0.2) is 5.76 Å². The maximum absolute atomic E-state index is 13.6. The zero-order valence-electron chi connectivity index (χ0n) is 18.0. The Balaban J connectivity index is 1.53. The number of hydrogen-bond acceptors (Lipinski definition) is 5. The van der Waals surface area contributed by atoms with E-state index in [9.17, 15) is 13.2 Å². The lowest BCUT2D eigenvalue weighted by Gasteiger charge is -2.21. The lowest BCUT2D eigenvalue weighted by atomic mass is 10.0. The van der Waals surface area contributed by atoms with Gasteiger partial charge in [-0.3, -0.25) is 9.69 Å². The number of sulfone groups is 1. The van der Waals surface area contributed by atoms with Crippen LogP contribution in [0.4, 0.5) is 5.82 Å². The Morgan fingerprint density at radius 3 is 2.32 bits per heavy atom. The molecule has 7 heteroatoms. The van der Waals surface area contributed by atoms with Crippen molar-refractivity contribution >= 4 is 32.3 Å². The van der Waals surface area contributed by atoms with Gasteiger partial charge in [0.1, 0.15) is 5.82 Å². The number of fused-ring (bicyclic) bond motifs is 1. The van der Waals surface area contributed by atoms with E-state index in [0.29, 0.717) is 5.82 Å². The summed E-state index contributed by atoms with van der Waals surface area (Å²) in [5.74, 6) is -0.133. The predicted octanol–water partition coefficient (Wildman–Crippen LogP) is 5.51. The summed E-state index contributed by atoms with van der Waals surface area (Å²) in [6.07, 6.45) is 1.60. The number of pyridine rings is 1. The van der Waals surface area contributed by atoms with Crippen molar-refractivity contribution in [1.29, 1.82) is 0 Å². The minimum atomic E-state index is -3.88. The summed E-state index contributed by atoms with van der Waals surface area (Å²) in [7, 11) is -3.88. The number of anilines is 1. The van der Waals surface area contributed by atoms with Gasteiger partial charge >= 0.3 is 0 Å². The van der Waals surface area contributed by atoms with Crippen molar-refractivity contribution in [2.24, 2.45) is 0 Å². The topological polar surface area (TPSA) is 80.5 Å². The first-order chi connectivity index (χ1) is 16.5. The fourth-order valence-electron chi connectivity index (χ4n) is 3.80. The van der Waals surface area contributed by atoms with Crippen molar-refractivity contribution < 1.29 is 17.6 Å². The van der Waals surface area contributed by atoms with E-state index in [1.165, 1.54) is 29.2 Å². The van der Waals surface area contributed by atoms with Gasteiger partial charge in [0.25, 0.3) is 5.91 Å². The second kappa shape index (κ2) is 8.96. The van der Waals surface area contributed by atoms with Gasteiger partial charge in [-0.2, -0.15) is 0 Å². The van der Waals surface area contributed by atoms with Crippen molar-refractivity contribution in [2.45, 2.75) is 16.5 Å². The van der Waals surface area contributed by atoms with Crippen LogP contribution in [-0.4, -0.2) is 19.3 Å². The average Bonchev–Trinajstić information content (AvgIpc) is 3.39. The first-order valence-corrected chi connectivity index (χ1v) is 12.1. The van der Waals surface area contributed by atoms with Crippen LogP contribution >= 0.6 is 0 Å². The highest BCUT2D eigenvalue weighted by Crippen LogP contribution is 2.27. The molecule has 0 radical (unpaired) electrons. The van der Waals surface area contributed by atoms with Crippen LogP contribution in [-0.2, 0) is 16.4 Å². The zero-order valence-corrected chi connectivity index (χ0v) is 18.9. The number of carbonyl (C=O) groups is 1. The van der Waals surface area contributed by atoms with Gasteiger partial charge in [-0.05, 0) is 52.7 Å². The Labute approximate surface area is 197 Å². The molecule has 5 rings (SSSR count). The Hall–Kier alpha value is -4.23. The summed E-state index contributed by atoms with van der Waals surface area (Å²) in [5.41, 5.74) is 0.931. The summed E-state index contributed by atoms with van der Waals surface area (Å²) >= 11 is 0. The molecule has 0 aliphatic rings. The van der Waals surface area contributed by atoms with E-state index in [0.717, 1.165) is 16.3 Å². The summed E-state index contributed by atoms with van der Waals surface area (Å²) < 4.78 is 31.4. The molecule has 2 heterocycles. The van der Waals surface area contributed by atoms with Crippen LogP contribution < -0.4 is 4.90 Å². The summed E-state index contributed by atoms with van der Waals surface area (Å²) in [4.78, 5) is 19.5. The third-order valence-corrected chi connectivity index (χ3v) is 7.13. The van der Waals surface area contributed by atoms with Crippen molar-refractivity contribution in [3.63, 3.8) is 0 Å². The number of rotatable bonds is 6. The van der Waals surface area contributed by atoms with Gasteiger partial charge in [0.2, 0.25) is 14.9 Å². The van der Waals surface area contributed by atoms with E-state index in [2.05, 4.69) is 4.98 Å². The van der Waals surface area contributed by atoms with Crippen molar-refractivity contribution in [1.82, 2.24) is 4.98 Å². The van der Waals surface area contributed by atoms with Crippen LogP contribution in [0.25, 0.3) is 10.8 Å². The SMILES string of the molecule is O=C(c1ccc(S(=O)(=O)c2ccccc2)o1)N(Cc1cccc2ccccc12)c1ccccn1. The van der Waals surface area contributed by atoms with Crippen LogP contribution in [0.5, 0.6) is 0 Å². The second-order valence-corrected chi connectivity index (χ2v) is 9.53. The average molecular weight is 469 g/mol. The molecular weight excluding hydrogens is 448 g/mol. The molecule has 6 nitrogen and oxygen atoms in total. The fraction of sp³-hybridized carbons (Fsp3) is 0.0370. The Morgan fingerprint density at radius 2 is 1.53 bits per heavy atom. The predicted molar refractivity (Wildman–Crippen MR) is 129 cm³/mol. The Morgan fingerprint density at radius 1 is 0.794 bits per heavy atom. The molecule has 0 spiro atoms. The van der Waals surface area contributed by atoms with Gasteiger partial charge in [-0.15, -0.1) is 0 Å². The molecule has 3 aromatic carbocycles. The first-order valence-electron chi connectivity index (χ1n) is 10.6. The van der Waals surface area contributed by atoms with Gasteiger partial charge in [-0.1, -0.05) is 66.7 Å². The van der Waals surface area contributed by atoms with Gasteiger partial charge in [-0.25, -0.2) is 13.4 Å². The normalized spacial score (nSPS) is 11.4. The summed E-state index contributed by atoms with van der Waals surface area (Å²) in [5, 5.41) is 1.79. The minimum Gasteiger partial charge on any atom is -0.439 e. The molecule has 0 bridgehead atoms. The molecule has 5 aromatic rings. The van der Waals surface area contributed by atoms with Crippen LogP contribution in [0, 0.1) is 0 Å². The molecule has 1 amide bonds. The molecule has 0 saturated carbocycles. The van der Waals surface area contributed by atoms with Gasteiger partial charge < -0.3 is 4.42 Å². The maximum atomic E-state index is 13.6. The monoisotopic (exact) mass is 468 g/mol. The highest BCUT2D eigenvalue weighted by Gasteiger charge is 2.27. The third-order valence-electron chi connectivity index (χ3n) is 5.49. The molecule has 0 saturated heterocycles. The fourth-order valence-corrected chi connectivity index (χ4v) is 4.99. The van der Waals surface area contributed by atoms with E-state index < -0.39 is 15.7 Å². The standard InChI is InChI=1S/C27H20N2O4S/c30-27(24-16-17-26(33-24)34(31,32)22-12-2-1-3-13-22)29(25-15-6-7-18-28-25)19-21-11-8-10-20-9-4-5-14-23(20)21/h1-18H,19H2. The minimum absolute atomic E-state index is 0.0830. The number of hydrogen-bond donors (Lipinski definition) is 0. The maximum Gasteiger partial charge on any atom is 0.295 e. The van der Waals surface area contributed by atoms with E-state index >= 15 is 0 Å². The smallest absolute Gasteiger partial charge is 0.295 e. The van der Waals surface area contributed by atoms with E-state index in [4.69, 9.17) is 4.42 Å². The molecule has 0 N–H and O–H groups in total. The number of furan rings is 1. The largest absolute Gasteiger partial charge is 0.439 e. The number of benzene rings is 3. The van der Waals surface area contributed by atoms with Crippen molar-refractivity contribution in [3.8, 4) is 0 Å². The molecule has 0 atom stereocenters. The number of nitrogens with zero attached hydrogens (tertiary/aromatic N) is 2.